The number of likely N-dealkylation sites (tertiary alicyclic amines) is 1. The standard InChI is InChI=1S/C16H26N6O2S/c1-12-14(24)17-15(19-18-12)25-10-13(23)22-9-8-21(3)16(11-22)4-6-20(2)7-5-16/h4-11H2,1-3H3,(H,17,19,24). The smallest absolute Gasteiger partial charge is 0.273 e. The second-order valence-electron chi connectivity index (χ2n) is 7.10. The molecular weight excluding hydrogens is 340 g/mol. The number of aromatic nitrogens is 3. The van der Waals surface area contributed by atoms with E-state index in [2.05, 4.69) is 39.1 Å². The Morgan fingerprint density at radius 2 is 1.92 bits per heavy atom. The normalized spacial score (nSPS) is 21.6. The molecule has 3 heterocycles. The van der Waals surface area contributed by atoms with Crippen LogP contribution in [-0.2, 0) is 4.79 Å². The second kappa shape index (κ2) is 7.43. The number of likely N-dealkylation sites (N-methyl/N-ethyl adjacent to an activating group) is 1. The fourth-order valence-electron chi connectivity index (χ4n) is 3.52. The number of aryl methyl sites for hydroxylation is 1. The first-order chi connectivity index (χ1) is 11.9. The molecule has 1 spiro atoms. The zero-order chi connectivity index (χ0) is 18.0. The third-order valence-electron chi connectivity index (χ3n) is 5.44. The highest BCUT2D eigenvalue weighted by atomic mass is 32.2. The van der Waals surface area contributed by atoms with Crippen LogP contribution in [0.2, 0.25) is 0 Å². The van der Waals surface area contributed by atoms with E-state index in [1.807, 2.05) is 4.90 Å². The van der Waals surface area contributed by atoms with Gasteiger partial charge in [-0.2, -0.15) is 0 Å². The fourth-order valence-corrected chi connectivity index (χ4v) is 4.22. The Bertz CT molecular complexity index is 685. The molecule has 0 bridgehead atoms. The van der Waals surface area contributed by atoms with Crippen molar-refractivity contribution in [3.8, 4) is 0 Å². The minimum atomic E-state index is -0.255. The number of H-pyrrole nitrogens is 1. The summed E-state index contributed by atoms with van der Waals surface area (Å²) in [5.74, 6) is 0.368. The molecule has 9 heteroatoms. The van der Waals surface area contributed by atoms with E-state index < -0.39 is 0 Å². The zero-order valence-electron chi connectivity index (χ0n) is 15.1. The summed E-state index contributed by atoms with van der Waals surface area (Å²) in [6.07, 6.45) is 2.18. The summed E-state index contributed by atoms with van der Waals surface area (Å²) in [4.78, 5) is 33.6. The van der Waals surface area contributed by atoms with E-state index >= 15 is 0 Å². The van der Waals surface area contributed by atoms with Gasteiger partial charge < -0.3 is 9.80 Å². The molecule has 1 amide bonds. The van der Waals surface area contributed by atoms with Crippen molar-refractivity contribution in [1.82, 2.24) is 29.9 Å². The average Bonchev–Trinajstić information content (AvgIpc) is 2.60. The van der Waals surface area contributed by atoms with E-state index in [1.165, 1.54) is 11.8 Å². The summed E-state index contributed by atoms with van der Waals surface area (Å²) in [6, 6.07) is 0. The first-order valence-electron chi connectivity index (χ1n) is 8.64. The molecule has 1 aromatic heterocycles. The van der Waals surface area contributed by atoms with Crippen molar-refractivity contribution in [2.24, 2.45) is 0 Å². The monoisotopic (exact) mass is 366 g/mol. The number of aromatic amines is 1. The van der Waals surface area contributed by atoms with Crippen LogP contribution in [0.15, 0.2) is 9.95 Å². The Morgan fingerprint density at radius 3 is 2.60 bits per heavy atom. The summed E-state index contributed by atoms with van der Waals surface area (Å²) in [5.41, 5.74) is 0.178. The molecule has 3 rings (SSSR count). The summed E-state index contributed by atoms with van der Waals surface area (Å²) in [5, 5.41) is 8.13. The van der Waals surface area contributed by atoms with Crippen LogP contribution in [0.1, 0.15) is 18.5 Å². The summed E-state index contributed by atoms with van der Waals surface area (Å²) < 4.78 is 0. The van der Waals surface area contributed by atoms with E-state index in [4.69, 9.17) is 0 Å². The molecule has 0 radical (unpaired) electrons. The van der Waals surface area contributed by atoms with E-state index in [-0.39, 0.29) is 22.8 Å². The number of nitrogens with one attached hydrogen (secondary N) is 1. The third kappa shape index (κ3) is 4.04. The average molecular weight is 366 g/mol. The minimum absolute atomic E-state index is 0.0969. The van der Waals surface area contributed by atoms with Gasteiger partial charge in [-0.15, -0.1) is 10.2 Å². The molecular formula is C16H26N6O2S. The summed E-state index contributed by atoms with van der Waals surface area (Å²) in [7, 11) is 4.33. The fraction of sp³-hybridized carbons (Fsp3) is 0.750. The number of piperidine rings is 1. The second-order valence-corrected chi connectivity index (χ2v) is 8.06. The molecule has 138 valence electrons. The number of rotatable bonds is 3. The van der Waals surface area contributed by atoms with Crippen molar-refractivity contribution in [3.63, 3.8) is 0 Å². The Balaban J connectivity index is 1.60. The number of carbonyl (C=O) groups excluding carboxylic acids is 1. The summed E-state index contributed by atoms with van der Waals surface area (Å²) >= 11 is 1.24. The molecule has 1 N–H and O–H groups in total. The first-order valence-corrected chi connectivity index (χ1v) is 9.62. The third-order valence-corrected chi connectivity index (χ3v) is 6.29. The maximum absolute atomic E-state index is 12.7. The lowest BCUT2D eigenvalue weighted by molar-refractivity contribution is -0.135. The number of hydrogen-bond donors (Lipinski definition) is 1. The number of thioether (sulfide) groups is 1. The van der Waals surface area contributed by atoms with Crippen molar-refractivity contribution < 1.29 is 4.79 Å². The number of nitrogens with zero attached hydrogens (tertiary/aromatic N) is 5. The van der Waals surface area contributed by atoms with Gasteiger partial charge in [0.05, 0.1) is 5.75 Å². The maximum Gasteiger partial charge on any atom is 0.273 e. The topological polar surface area (TPSA) is 85.4 Å². The van der Waals surface area contributed by atoms with Gasteiger partial charge in [-0.1, -0.05) is 11.8 Å². The van der Waals surface area contributed by atoms with Gasteiger partial charge in [-0.05, 0) is 47.0 Å². The molecule has 8 nitrogen and oxygen atoms in total. The molecule has 2 fully saturated rings. The van der Waals surface area contributed by atoms with Gasteiger partial charge in [0.2, 0.25) is 5.91 Å². The lowest BCUT2D eigenvalue weighted by atomic mass is 9.84. The molecule has 25 heavy (non-hydrogen) atoms. The molecule has 0 unspecified atom stereocenters. The van der Waals surface area contributed by atoms with E-state index in [0.29, 0.717) is 10.9 Å². The van der Waals surface area contributed by atoms with Crippen LogP contribution in [0.4, 0.5) is 0 Å². The maximum atomic E-state index is 12.7. The molecule has 0 saturated carbocycles. The van der Waals surface area contributed by atoms with Crippen LogP contribution in [0, 0.1) is 6.92 Å². The Morgan fingerprint density at radius 1 is 1.20 bits per heavy atom. The van der Waals surface area contributed by atoms with Crippen molar-refractivity contribution in [2.75, 3.05) is 52.6 Å². The molecule has 2 saturated heterocycles. The number of piperazine rings is 1. The van der Waals surface area contributed by atoms with Crippen LogP contribution in [0.25, 0.3) is 0 Å². The quantitative estimate of drug-likeness (QED) is 0.742. The van der Waals surface area contributed by atoms with Gasteiger partial charge in [0.1, 0.15) is 5.69 Å². The molecule has 2 aliphatic heterocycles. The van der Waals surface area contributed by atoms with Crippen LogP contribution in [-0.4, -0.2) is 93.9 Å². The minimum Gasteiger partial charge on any atom is -0.339 e. The molecule has 0 aromatic carbocycles. The highest BCUT2D eigenvalue weighted by molar-refractivity contribution is 7.99. The lowest BCUT2D eigenvalue weighted by Gasteiger charge is -2.52. The predicted molar refractivity (Wildman–Crippen MR) is 96.8 cm³/mol. The molecule has 1 aromatic rings. The van der Waals surface area contributed by atoms with Crippen molar-refractivity contribution >= 4 is 17.7 Å². The van der Waals surface area contributed by atoms with Crippen molar-refractivity contribution in [2.45, 2.75) is 30.5 Å². The SMILES string of the molecule is Cc1nnc(SCC(=O)N2CCN(C)C3(CCN(C)CC3)C2)[nH]c1=O. The molecule has 2 aliphatic rings. The highest BCUT2D eigenvalue weighted by Crippen LogP contribution is 2.31. The predicted octanol–water partition coefficient (Wildman–Crippen LogP) is -0.196. The van der Waals surface area contributed by atoms with E-state index in [1.54, 1.807) is 6.92 Å². The zero-order valence-corrected chi connectivity index (χ0v) is 15.9. The van der Waals surface area contributed by atoms with Gasteiger partial charge in [0, 0.05) is 25.2 Å². The van der Waals surface area contributed by atoms with Gasteiger partial charge in [-0.3, -0.25) is 19.5 Å². The number of hydrogen-bond acceptors (Lipinski definition) is 7. The van der Waals surface area contributed by atoms with Gasteiger partial charge in [0.25, 0.3) is 5.56 Å². The highest BCUT2D eigenvalue weighted by Gasteiger charge is 2.42. The van der Waals surface area contributed by atoms with Crippen LogP contribution in [0.3, 0.4) is 0 Å². The van der Waals surface area contributed by atoms with Crippen LogP contribution in [0.5, 0.6) is 0 Å². The van der Waals surface area contributed by atoms with Gasteiger partial charge in [-0.25, -0.2) is 0 Å². The van der Waals surface area contributed by atoms with Crippen molar-refractivity contribution in [3.05, 3.63) is 16.0 Å². The molecule has 0 atom stereocenters. The van der Waals surface area contributed by atoms with Gasteiger partial charge in [0.15, 0.2) is 5.16 Å². The van der Waals surface area contributed by atoms with Gasteiger partial charge >= 0.3 is 0 Å². The van der Waals surface area contributed by atoms with Crippen molar-refractivity contribution in [1.29, 1.82) is 0 Å². The Labute approximate surface area is 152 Å². The Hall–Kier alpha value is -1.45. The van der Waals surface area contributed by atoms with E-state index in [0.717, 1.165) is 45.6 Å². The molecule has 0 aliphatic carbocycles. The lowest BCUT2D eigenvalue weighted by Crippen LogP contribution is -2.65. The largest absolute Gasteiger partial charge is 0.339 e. The van der Waals surface area contributed by atoms with E-state index in [9.17, 15) is 9.59 Å². The Kier molecular flexibility index (Phi) is 5.45. The summed E-state index contributed by atoms with van der Waals surface area (Å²) in [6.45, 7) is 6.19. The first kappa shape index (κ1) is 18.3. The number of amides is 1. The number of carbonyl (C=O) groups is 1. The van der Waals surface area contributed by atoms with Crippen LogP contribution < -0.4 is 5.56 Å². The van der Waals surface area contributed by atoms with Crippen LogP contribution >= 0.6 is 11.8 Å².